The summed E-state index contributed by atoms with van der Waals surface area (Å²) < 4.78 is 6.19. The Morgan fingerprint density at radius 2 is 1.89 bits per heavy atom. The van der Waals surface area contributed by atoms with Crippen LogP contribution in [0.2, 0.25) is 0 Å². The number of hydrogen-bond acceptors (Lipinski definition) is 5. The number of ether oxygens (including phenoxy) is 1. The third-order valence-electron chi connectivity index (χ3n) is 5.64. The standard InChI is InChI=1S/C23H25N3OS/c24-16-17-6-5-7-18(14-17)19-8-9-21-20(15-19)23(11-13-28-22(25)26-23)10-3-1-2-4-12-27-21/h5-9,14-15H,1-4,10-13H2,(H2,25,26). The van der Waals surface area contributed by atoms with E-state index < -0.39 is 0 Å². The van der Waals surface area contributed by atoms with Crippen molar-refractivity contribution < 1.29 is 4.74 Å². The highest BCUT2D eigenvalue weighted by molar-refractivity contribution is 8.13. The number of nitriles is 1. The molecule has 2 aromatic carbocycles. The van der Waals surface area contributed by atoms with Gasteiger partial charge < -0.3 is 10.5 Å². The smallest absolute Gasteiger partial charge is 0.154 e. The highest BCUT2D eigenvalue weighted by atomic mass is 32.2. The number of fused-ring (bicyclic) bond motifs is 2. The Balaban J connectivity index is 1.85. The molecule has 0 fully saturated rings. The van der Waals surface area contributed by atoms with Gasteiger partial charge in [-0.05, 0) is 54.7 Å². The first-order chi connectivity index (χ1) is 13.7. The molecular weight excluding hydrogens is 366 g/mol. The highest BCUT2D eigenvalue weighted by Crippen LogP contribution is 2.45. The van der Waals surface area contributed by atoms with E-state index in [9.17, 15) is 5.26 Å². The molecule has 0 aromatic heterocycles. The molecule has 2 N–H and O–H groups in total. The predicted octanol–water partition coefficient (Wildman–Crippen LogP) is 5.22. The molecule has 2 aromatic rings. The average Bonchev–Trinajstić information content (AvgIpc) is 2.73. The molecule has 28 heavy (non-hydrogen) atoms. The van der Waals surface area contributed by atoms with Gasteiger partial charge in [0.2, 0.25) is 0 Å². The molecule has 0 aliphatic carbocycles. The lowest BCUT2D eigenvalue weighted by Gasteiger charge is -2.36. The van der Waals surface area contributed by atoms with E-state index in [-0.39, 0.29) is 5.54 Å². The van der Waals surface area contributed by atoms with E-state index >= 15 is 0 Å². The second-order valence-electron chi connectivity index (χ2n) is 7.50. The maximum atomic E-state index is 9.25. The third kappa shape index (κ3) is 3.88. The molecular formula is C23H25N3OS. The fourth-order valence-electron chi connectivity index (χ4n) is 4.16. The van der Waals surface area contributed by atoms with E-state index in [1.54, 1.807) is 11.8 Å². The van der Waals surface area contributed by atoms with Crippen LogP contribution in [-0.4, -0.2) is 17.5 Å². The number of benzene rings is 2. The molecule has 144 valence electrons. The van der Waals surface area contributed by atoms with Crippen LogP contribution < -0.4 is 10.5 Å². The summed E-state index contributed by atoms with van der Waals surface area (Å²) in [5, 5.41) is 9.92. The predicted molar refractivity (Wildman–Crippen MR) is 116 cm³/mol. The quantitative estimate of drug-likeness (QED) is 0.724. The van der Waals surface area contributed by atoms with Gasteiger partial charge in [0.15, 0.2) is 5.17 Å². The molecule has 1 unspecified atom stereocenters. The minimum Gasteiger partial charge on any atom is -0.493 e. The minimum absolute atomic E-state index is 0.315. The van der Waals surface area contributed by atoms with Gasteiger partial charge in [-0.3, -0.25) is 4.99 Å². The van der Waals surface area contributed by atoms with Crippen molar-refractivity contribution in [2.24, 2.45) is 10.7 Å². The monoisotopic (exact) mass is 391 g/mol. The maximum Gasteiger partial charge on any atom is 0.154 e. The number of nitrogens with zero attached hydrogens (tertiary/aromatic N) is 2. The lowest BCUT2D eigenvalue weighted by molar-refractivity contribution is 0.274. The first kappa shape index (κ1) is 18.9. The molecule has 0 saturated heterocycles. The van der Waals surface area contributed by atoms with Crippen molar-refractivity contribution in [1.29, 1.82) is 5.26 Å². The largest absolute Gasteiger partial charge is 0.493 e. The van der Waals surface area contributed by atoms with E-state index in [1.165, 1.54) is 12.8 Å². The number of hydrogen-bond donors (Lipinski definition) is 1. The Morgan fingerprint density at radius 1 is 1.04 bits per heavy atom. The minimum atomic E-state index is -0.315. The van der Waals surface area contributed by atoms with E-state index in [4.69, 9.17) is 15.5 Å². The van der Waals surface area contributed by atoms with Gasteiger partial charge >= 0.3 is 0 Å². The van der Waals surface area contributed by atoms with E-state index in [0.29, 0.717) is 10.7 Å². The normalized spacial score (nSPS) is 22.5. The number of amidine groups is 1. The van der Waals surface area contributed by atoms with E-state index in [2.05, 4.69) is 24.3 Å². The van der Waals surface area contributed by atoms with Crippen LogP contribution in [0.1, 0.15) is 49.7 Å². The molecule has 1 atom stereocenters. The molecule has 0 bridgehead atoms. The lowest BCUT2D eigenvalue weighted by atomic mass is 9.80. The molecule has 0 saturated carbocycles. The van der Waals surface area contributed by atoms with Crippen LogP contribution >= 0.6 is 11.8 Å². The topological polar surface area (TPSA) is 71.4 Å². The van der Waals surface area contributed by atoms with Gasteiger partial charge in [-0.15, -0.1) is 0 Å². The van der Waals surface area contributed by atoms with Gasteiger partial charge in [0.1, 0.15) is 5.75 Å². The van der Waals surface area contributed by atoms with Crippen molar-refractivity contribution in [3.63, 3.8) is 0 Å². The first-order valence-electron chi connectivity index (χ1n) is 9.96. The van der Waals surface area contributed by atoms with Crippen LogP contribution in [0.15, 0.2) is 47.5 Å². The Bertz CT molecular complexity index is 934. The van der Waals surface area contributed by atoms with Crippen molar-refractivity contribution >= 4 is 16.9 Å². The first-order valence-corrected chi connectivity index (χ1v) is 10.9. The van der Waals surface area contributed by atoms with Crippen molar-refractivity contribution in [2.75, 3.05) is 12.4 Å². The summed E-state index contributed by atoms with van der Waals surface area (Å²) in [6.07, 6.45) is 6.59. The Kier molecular flexibility index (Phi) is 5.59. The average molecular weight is 392 g/mol. The highest BCUT2D eigenvalue weighted by Gasteiger charge is 2.37. The molecule has 2 heterocycles. The van der Waals surface area contributed by atoms with E-state index in [0.717, 1.165) is 60.5 Å². The van der Waals surface area contributed by atoms with Crippen molar-refractivity contribution in [3.05, 3.63) is 53.6 Å². The number of nitrogens with two attached hydrogens (primary N) is 1. The Labute approximate surface area is 170 Å². The summed E-state index contributed by atoms with van der Waals surface area (Å²) in [5.41, 5.74) is 9.79. The number of aliphatic imine (C=N–C) groups is 1. The van der Waals surface area contributed by atoms with Crippen molar-refractivity contribution in [1.82, 2.24) is 0 Å². The lowest BCUT2D eigenvalue weighted by Crippen LogP contribution is -2.32. The van der Waals surface area contributed by atoms with Gasteiger partial charge in [0.25, 0.3) is 0 Å². The molecule has 0 amide bonds. The Hall–Kier alpha value is -2.45. The van der Waals surface area contributed by atoms with Crippen LogP contribution in [0.25, 0.3) is 11.1 Å². The molecule has 5 heteroatoms. The van der Waals surface area contributed by atoms with E-state index in [1.807, 2.05) is 24.3 Å². The molecule has 1 spiro atoms. The SMILES string of the molecule is N#Cc1cccc(-c2ccc3c(c2)C2(CCCCCCO3)CCSC(N)=N2)c1. The van der Waals surface area contributed by atoms with Gasteiger partial charge in [-0.2, -0.15) is 5.26 Å². The summed E-state index contributed by atoms with van der Waals surface area (Å²) in [7, 11) is 0. The molecule has 4 nitrogen and oxygen atoms in total. The van der Waals surface area contributed by atoms with Crippen molar-refractivity contribution in [2.45, 2.75) is 44.1 Å². The zero-order valence-electron chi connectivity index (χ0n) is 16.0. The summed E-state index contributed by atoms with van der Waals surface area (Å²) in [6, 6.07) is 16.3. The zero-order chi connectivity index (χ0) is 19.4. The Morgan fingerprint density at radius 3 is 2.75 bits per heavy atom. The van der Waals surface area contributed by atoms with Gasteiger partial charge in [-0.25, -0.2) is 0 Å². The van der Waals surface area contributed by atoms with Gasteiger partial charge in [0.05, 0.1) is 23.8 Å². The van der Waals surface area contributed by atoms with Crippen LogP contribution in [0.4, 0.5) is 0 Å². The number of thioether (sulfide) groups is 1. The van der Waals surface area contributed by atoms with Crippen LogP contribution in [-0.2, 0) is 5.54 Å². The molecule has 2 aliphatic heterocycles. The van der Waals surface area contributed by atoms with Crippen LogP contribution in [0.5, 0.6) is 5.75 Å². The third-order valence-corrected chi connectivity index (χ3v) is 6.43. The van der Waals surface area contributed by atoms with Gasteiger partial charge in [-0.1, -0.05) is 49.2 Å². The van der Waals surface area contributed by atoms with Gasteiger partial charge in [0, 0.05) is 11.3 Å². The maximum absolute atomic E-state index is 9.25. The fourth-order valence-corrected chi connectivity index (χ4v) is 5.04. The van der Waals surface area contributed by atoms with Crippen LogP contribution in [0, 0.1) is 11.3 Å². The summed E-state index contributed by atoms with van der Waals surface area (Å²) in [4.78, 5) is 4.98. The fraction of sp³-hybridized carbons (Fsp3) is 0.391. The second-order valence-corrected chi connectivity index (χ2v) is 8.61. The van der Waals surface area contributed by atoms with Crippen LogP contribution in [0.3, 0.4) is 0 Å². The summed E-state index contributed by atoms with van der Waals surface area (Å²) >= 11 is 1.64. The second kappa shape index (κ2) is 8.28. The number of rotatable bonds is 1. The molecule has 2 aliphatic rings. The molecule has 0 radical (unpaired) electrons. The molecule has 4 rings (SSSR count). The van der Waals surface area contributed by atoms with Crippen molar-refractivity contribution in [3.8, 4) is 22.9 Å². The summed E-state index contributed by atoms with van der Waals surface area (Å²) in [5.74, 6) is 1.90. The zero-order valence-corrected chi connectivity index (χ0v) is 16.8. The summed E-state index contributed by atoms with van der Waals surface area (Å²) in [6.45, 7) is 0.736.